The van der Waals surface area contributed by atoms with Crippen molar-refractivity contribution in [3.8, 4) is 11.8 Å². The van der Waals surface area contributed by atoms with Crippen molar-refractivity contribution in [2.75, 3.05) is 0 Å². The average molecular weight is 243 g/mol. The number of hydrogen-bond donors (Lipinski definition) is 0. The third kappa shape index (κ3) is 11.8. The van der Waals surface area contributed by atoms with Crippen molar-refractivity contribution in [3.63, 3.8) is 0 Å². The van der Waals surface area contributed by atoms with Crippen LogP contribution in [-0.2, 0) is 0 Å². The summed E-state index contributed by atoms with van der Waals surface area (Å²) in [6, 6.07) is 0. The van der Waals surface area contributed by atoms with E-state index in [0.29, 0.717) is 0 Å². The third-order valence-corrected chi connectivity index (χ3v) is 2.17. The lowest BCUT2D eigenvalue weighted by Gasteiger charge is -1.96. The molecule has 0 rings (SSSR count). The molecule has 0 aliphatic heterocycles. The molecule has 0 atom stereocenters. The van der Waals surface area contributed by atoms with Crippen LogP contribution in [0.4, 0.5) is 0 Å². The van der Waals surface area contributed by atoms with Gasteiger partial charge in [-0.1, -0.05) is 66.8 Å². The highest BCUT2D eigenvalue weighted by molar-refractivity contribution is 9.11. The first-order valence-electron chi connectivity index (χ1n) is 5.15. The van der Waals surface area contributed by atoms with Crippen LogP contribution >= 0.6 is 15.9 Å². The molecule has 0 bridgehead atoms. The summed E-state index contributed by atoms with van der Waals surface area (Å²) < 4.78 is 0. The molecule has 0 radical (unpaired) electrons. The van der Waals surface area contributed by atoms with Crippen LogP contribution in [0.2, 0.25) is 0 Å². The molecule has 0 aromatic carbocycles. The molecule has 0 aromatic heterocycles. The third-order valence-electron chi connectivity index (χ3n) is 1.90. The Kier molecular flexibility index (Phi) is 11.6. The van der Waals surface area contributed by atoms with Crippen LogP contribution in [0.15, 0.2) is 11.1 Å². The number of halogens is 1. The van der Waals surface area contributed by atoms with Crippen LogP contribution < -0.4 is 0 Å². The van der Waals surface area contributed by atoms with Gasteiger partial charge in [0.1, 0.15) is 0 Å². The molecule has 74 valence electrons. The average Bonchev–Trinajstić information content (AvgIpc) is 2.16. The highest BCUT2D eigenvalue weighted by Crippen LogP contribution is 2.05. The summed E-state index contributed by atoms with van der Waals surface area (Å²) in [4.78, 5) is 1.79. The summed E-state index contributed by atoms with van der Waals surface area (Å²) in [7, 11) is 0. The predicted octanol–water partition coefficient (Wildman–Crippen LogP) is 4.65. The van der Waals surface area contributed by atoms with E-state index in [1.54, 1.807) is 4.99 Å². The van der Waals surface area contributed by atoms with E-state index < -0.39 is 0 Å². The van der Waals surface area contributed by atoms with Gasteiger partial charge >= 0.3 is 0 Å². The van der Waals surface area contributed by atoms with Crippen molar-refractivity contribution in [1.29, 1.82) is 0 Å². The molecule has 0 N–H and O–H groups in total. The minimum atomic E-state index is 1.05. The first-order valence-corrected chi connectivity index (χ1v) is 6.07. The molecule has 0 aliphatic carbocycles. The summed E-state index contributed by atoms with van der Waals surface area (Å²) in [6.07, 6.45) is 11.0. The molecule has 0 saturated heterocycles. The molecule has 0 unspecified atom stereocenters. The van der Waals surface area contributed by atoms with Crippen LogP contribution in [0.25, 0.3) is 0 Å². The Morgan fingerprint density at radius 3 is 2.46 bits per heavy atom. The topological polar surface area (TPSA) is 0 Å². The Bertz CT molecular complexity index is 171. The molecule has 0 amide bonds. The van der Waals surface area contributed by atoms with E-state index in [1.807, 2.05) is 6.08 Å². The summed E-state index contributed by atoms with van der Waals surface area (Å²) >= 11 is 3.18. The van der Waals surface area contributed by atoms with Gasteiger partial charge < -0.3 is 0 Å². The van der Waals surface area contributed by atoms with Gasteiger partial charge in [0.05, 0.1) is 0 Å². The first-order chi connectivity index (χ1) is 6.41. The van der Waals surface area contributed by atoms with E-state index in [9.17, 15) is 0 Å². The van der Waals surface area contributed by atoms with Gasteiger partial charge in [-0.25, -0.2) is 0 Å². The Balaban J connectivity index is 3.04. The van der Waals surface area contributed by atoms with Gasteiger partial charge in [0, 0.05) is 6.42 Å². The predicted molar refractivity (Wildman–Crippen MR) is 63.8 cm³/mol. The Morgan fingerprint density at radius 2 is 1.77 bits per heavy atom. The Hall–Kier alpha value is -0.220. The van der Waals surface area contributed by atoms with Crippen molar-refractivity contribution >= 4 is 15.9 Å². The second-order valence-corrected chi connectivity index (χ2v) is 3.66. The number of unbranched alkanes of at least 4 members (excludes halogenated alkanes) is 6. The molecule has 0 heterocycles. The molecule has 0 saturated carbocycles. The zero-order valence-corrected chi connectivity index (χ0v) is 10.1. The van der Waals surface area contributed by atoms with Gasteiger partial charge in [0.25, 0.3) is 0 Å². The van der Waals surface area contributed by atoms with Gasteiger partial charge in [0.2, 0.25) is 0 Å². The van der Waals surface area contributed by atoms with Crippen LogP contribution in [0.3, 0.4) is 0 Å². The van der Waals surface area contributed by atoms with E-state index >= 15 is 0 Å². The number of allylic oxidation sites excluding steroid dienone is 1. The Morgan fingerprint density at radius 1 is 1.08 bits per heavy atom. The van der Waals surface area contributed by atoms with Crippen LogP contribution in [0.5, 0.6) is 0 Å². The summed E-state index contributed by atoms with van der Waals surface area (Å²) in [6.45, 7) is 2.25. The smallest absolute Gasteiger partial charge is 0.00922 e. The van der Waals surface area contributed by atoms with E-state index in [0.717, 1.165) is 6.42 Å². The highest BCUT2D eigenvalue weighted by Gasteiger charge is 1.87. The van der Waals surface area contributed by atoms with Crippen LogP contribution in [0.1, 0.15) is 51.9 Å². The van der Waals surface area contributed by atoms with Crippen molar-refractivity contribution in [3.05, 3.63) is 11.1 Å². The lowest BCUT2D eigenvalue weighted by atomic mass is 10.1. The van der Waals surface area contributed by atoms with Gasteiger partial charge in [-0.3, -0.25) is 0 Å². The molecule has 0 aromatic rings. The maximum atomic E-state index is 3.18. The van der Waals surface area contributed by atoms with E-state index in [-0.39, 0.29) is 0 Å². The largest absolute Gasteiger partial charge is 0.0985 e. The normalized spacial score (nSPS) is 10.0. The lowest BCUT2D eigenvalue weighted by molar-refractivity contribution is 0.614. The fourth-order valence-electron chi connectivity index (χ4n) is 1.16. The minimum Gasteiger partial charge on any atom is -0.0985 e. The summed E-state index contributed by atoms with van der Waals surface area (Å²) in [5.41, 5.74) is 0. The molecule has 0 aliphatic rings. The summed E-state index contributed by atoms with van der Waals surface area (Å²) in [5, 5.41) is 0. The molecule has 13 heavy (non-hydrogen) atoms. The van der Waals surface area contributed by atoms with Gasteiger partial charge in [0.15, 0.2) is 0 Å². The van der Waals surface area contributed by atoms with Crippen molar-refractivity contribution < 1.29 is 0 Å². The van der Waals surface area contributed by atoms with Gasteiger partial charge in [-0.2, -0.15) is 0 Å². The lowest BCUT2D eigenvalue weighted by Crippen LogP contribution is -1.77. The van der Waals surface area contributed by atoms with E-state index in [4.69, 9.17) is 0 Å². The minimum absolute atomic E-state index is 1.05. The maximum absolute atomic E-state index is 3.18. The molecular formula is C12H19Br. The van der Waals surface area contributed by atoms with Crippen molar-refractivity contribution in [2.24, 2.45) is 0 Å². The monoisotopic (exact) mass is 242 g/mol. The second-order valence-electron chi connectivity index (χ2n) is 3.13. The number of hydrogen-bond acceptors (Lipinski definition) is 0. The summed E-state index contributed by atoms with van der Waals surface area (Å²) in [5.74, 6) is 6.07. The van der Waals surface area contributed by atoms with E-state index in [1.165, 1.54) is 38.5 Å². The van der Waals surface area contributed by atoms with Gasteiger partial charge in [-0.05, 0) is 17.5 Å². The molecule has 0 spiro atoms. The van der Waals surface area contributed by atoms with Crippen LogP contribution in [0, 0.1) is 11.8 Å². The van der Waals surface area contributed by atoms with Crippen molar-refractivity contribution in [2.45, 2.75) is 51.9 Å². The quantitative estimate of drug-likeness (QED) is 0.470. The SMILES string of the molecule is CCCCCCCCC#C/C=C/Br. The molecule has 1 heteroatoms. The van der Waals surface area contributed by atoms with Crippen LogP contribution in [-0.4, -0.2) is 0 Å². The fourth-order valence-corrected chi connectivity index (χ4v) is 1.29. The zero-order valence-electron chi connectivity index (χ0n) is 8.48. The Labute approximate surface area is 90.9 Å². The van der Waals surface area contributed by atoms with Crippen molar-refractivity contribution in [1.82, 2.24) is 0 Å². The number of rotatable bonds is 6. The fraction of sp³-hybridized carbons (Fsp3) is 0.667. The standard InChI is InChI=1S/C12H19Br/c1-2-3-4-5-6-7-8-9-10-11-12-13/h11-12H,2-8H2,1H3/b12-11+. The highest BCUT2D eigenvalue weighted by atomic mass is 79.9. The zero-order chi connectivity index (χ0) is 9.78. The molecular weight excluding hydrogens is 224 g/mol. The van der Waals surface area contributed by atoms with E-state index in [2.05, 4.69) is 34.7 Å². The molecule has 0 fully saturated rings. The second kappa shape index (κ2) is 11.8. The maximum Gasteiger partial charge on any atom is 0.00922 e. The molecule has 0 nitrogen and oxygen atoms in total. The first kappa shape index (κ1) is 12.8. The van der Waals surface area contributed by atoms with Gasteiger partial charge in [-0.15, -0.1) is 0 Å².